The van der Waals surface area contributed by atoms with Gasteiger partial charge in [0.1, 0.15) is 11.6 Å². The van der Waals surface area contributed by atoms with Gasteiger partial charge in [-0.25, -0.2) is 8.78 Å². The second-order valence-electron chi connectivity index (χ2n) is 3.84. The van der Waals surface area contributed by atoms with E-state index in [2.05, 4.69) is 0 Å². The first-order valence-electron chi connectivity index (χ1n) is 5.25. The number of hydrogen-bond acceptors (Lipinski definition) is 2. The van der Waals surface area contributed by atoms with Crippen molar-refractivity contribution in [1.82, 2.24) is 0 Å². The van der Waals surface area contributed by atoms with Crippen LogP contribution in [0.1, 0.15) is 24.8 Å². The van der Waals surface area contributed by atoms with Crippen LogP contribution in [0.15, 0.2) is 18.2 Å². The maximum absolute atomic E-state index is 13.4. The Morgan fingerprint density at radius 3 is 2.62 bits per heavy atom. The number of halogens is 2. The molecule has 2 nitrogen and oxygen atoms in total. The Labute approximate surface area is 92.2 Å². The van der Waals surface area contributed by atoms with Gasteiger partial charge in [-0.15, -0.1) is 0 Å². The Kier molecular flexibility index (Phi) is 2.90. The number of rotatable bonds is 3. The summed E-state index contributed by atoms with van der Waals surface area (Å²) in [4.78, 5) is 11.3. The lowest BCUT2D eigenvalue weighted by Crippen LogP contribution is -2.08. The van der Waals surface area contributed by atoms with Gasteiger partial charge in [0.2, 0.25) is 0 Å². The summed E-state index contributed by atoms with van der Waals surface area (Å²) in [6, 6.07) is 3.73. The predicted octanol–water partition coefficient (Wildman–Crippen LogP) is 2.63. The monoisotopic (exact) mass is 226 g/mol. The second-order valence-corrected chi connectivity index (χ2v) is 3.84. The summed E-state index contributed by atoms with van der Waals surface area (Å²) in [5.41, 5.74) is 0.0144. The summed E-state index contributed by atoms with van der Waals surface area (Å²) >= 11 is 0. The number of carbonyl (C=O) groups excluding carboxylic acids is 1. The molecule has 1 aromatic rings. The van der Waals surface area contributed by atoms with E-state index in [1.807, 2.05) is 0 Å². The molecule has 1 aliphatic rings. The van der Waals surface area contributed by atoms with E-state index >= 15 is 0 Å². The molecular formula is C12H12F2O2. The molecule has 1 aliphatic carbocycles. The summed E-state index contributed by atoms with van der Waals surface area (Å²) in [5, 5.41) is 0. The Hall–Kier alpha value is -1.45. The topological polar surface area (TPSA) is 26.3 Å². The van der Waals surface area contributed by atoms with Gasteiger partial charge in [-0.3, -0.25) is 4.79 Å². The third-order valence-corrected chi connectivity index (χ3v) is 2.75. The number of hydrogen-bond donors (Lipinski definition) is 0. The molecule has 0 aliphatic heterocycles. The molecule has 16 heavy (non-hydrogen) atoms. The Balaban J connectivity index is 2.14. The van der Waals surface area contributed by atoms with Crippen molar-refractivity contribution in [3.8, 4) is 0 Å². The summed E-state index contributed by atoms with van der Waals surface area (Å²) in [6.45, 7) is 2.00. The highest BCUT2D eigenvalue weighted by molar-refractivity contribution is 5.77. The van der Waals surface area contributed by atoms with E-state index in [0.29, 0.717) is 13.0 Å². The number of ether oxygens (including phenoxy) is 1. The van der Waals surface area contributed by atoms with E-state index < -0.39 is 11.6 Å². The standard InChI is InChI=1S/C12H12F2O2/c1-2-16-12(15)8-6-7(8)11-9(13)4-3-5-10(11)14/h3-5,7-8H,2,6H2,1H3/t7-,8-/m0/s1. The molecule has 2 rings (SSSR count). The third kappa shape index (κ3) is 1.92. The van der Waals surface area contributed by atoms with Gasteiger partial charge in [-0.05, 0) is 25.5 Å². The number of carbonyl (C=O) groups is 1. The molecule has 0 aromatic heterocycles. The van der Waals surface area contributed by atoms with Crippen molar-refractivity contribution >= 4 is 5.97 Å². The molecule has 0 N–H and O–H groups in total. The van der Waals surface area contributed by atoms with Crippen molar-refractivity contribution < 1.29 is 18.3 Å². The fourth-order valence-electron chi connectivity index (χ4n) is 1.89. The Morgan fingerprint density at radius 1 is 1.44 bits per heavy atom. The normalized spacial score (nSPS) is 22.9. The lowest BCUT2D eigenvalue weighted by molar-refractivity contribution is -0.144. The maximum Gasteiger partial charge on any atom is 0.309 e. The van der Waals surface area contributed by atoms with Crippen molar-refractivity contribution in [3.63, 3.8) is 0 Å². The predicted molar refractivity (Wildman–Crippen MR) is 53.8 cm³/mol. The SMILES string of the molecule is CCOC(=O)[C@H]1C[C@@H]1c1c(F)cccc1F. The van der Waals surface area contributed by atoms with Crippen LogP contribution >= 0.6 is 0 Å². The van der Waals surface area contributed by atoms with E-state index in [4.69, 9.17) is 4.74 Å². The van der Waals surface area contributed by atoms with Crippen LogP contribution in [-0.4, -0.2) is 12.6 Å². The first kappa shape index (κ1) is 11.0. The smallest absolute Gasteiger partial charge is 0.309 e. The zero-order valence-corrected chi connectivity index (χ0v) is 8.87. The lowest BCUT2D eigenvalue weighted by atomic mass is 10.1. The van der Waals surface area contributed by atoms with Crippen LogP contribution in [0.5, 0.6) is 0 Å². The summed E-state index contributed by atoms with van der Waals surface area (Å²) in [7, 11) is 0. The maximum atomic E-state index is 13.4. The molecular weight excluding hydrogens is 214 g/mol. The van der Waals surface area contributed by atoms with E-state index in [1.165, 1.54) is 18.2 Å². The van der Waals surface area contributed by atoms with Crippen molar-refractivity contribution in [2.24, 2.45) is 5.92 Å². The van der Waals surface area contributed by atoms with E-state index in [0.717, 1.165) is 0 Å². The highest BCUT2D eigenvalue weighted by Crippen LogP contribution is 2.49. The molecule has 86 valence electrons. The van der Waals surface area contributed by atoms with Crippen LogP contribution in [0.4, 0.5) is 8.78 Å². The first-order chi connectivity index (χ1) is 7.65. The van der Waals surface area contributed by atoms with Gasteiger partial charge in [-0.1, -0.05) is 6.07 Å². The van der Waals surface area contributed by atoms with Crippen LogP contribution in [-0.2, 0) is 9.53 Å². The molecule has 0 saturated heterocycles. The average Bonchev–Trinajstić information content (AvgIpc) is 2.98. The first-order valence-corrected chi connectivity index (χ1v) is 5.25. The highest BCUT2D eigenvalue weighted by Gasteiger charge is 2.47. The molecule has 2 atom stereocenters. The molecule has 1 aromatic carbocycles. The summed E-state index contributed by atoms with van der Waals surface area (Å²) in [6.07, 6.45) is 0.469. The molecule has 1 fully saturated rings. The molecule has 0 radical (unpaired) electrons. The minimum absolute atomic E-state index is 0.0144. The van der Waals surface area contributed by atoms with Crippen molar-refractivity contribution in [1.29, 1.82) is 0 Å². The molecule has 1 saturated carbocycles. The van der Waals surface area contributed by atoms with Crippen molar-refractivity contribution in [3.05, 3.63) is 35.4 Å². The third-order valence-electron chi connectivity index (χ3n) is 2.75. The van der Waals surface area contributed by atoms with Gasteiger partial charge < -0.3 is 4.74 Å². The quantitative estimate of drug-likeness (QED) is 0.740. The van der Waals surface area contributed by atoms with Gasteiger partial charge in [0, 0.05) is 11.5 Å². The summed E-state index contributed by atoms with van der Waals surface area (Å²) < 4.78 is 31.6. The highest BCUT2D eigenvalue weighted by atomic mass is 19.1. The van der Waals surface area contributed by atoms with Crippen LogP contribution in [0.2, 0.25) is 0 Å². The number of benzene rings is 1. The minimum Gasteiger partial charge on any atom is -0.466 e. The van der Waals surface area contributed by atoms with E-state index in [1.54, 1.807) is 6.92 Å². The largest absolute Gasteiger partial charge is 0.466 e. The molecule has 0 spiro atoms. The van der Waals surface area contributed by atoms with E-state index in [9.17, 15) is 13.6 Å². The zero-order valence-electron chi connectivity index (χ0n) is 8.87. The van der Waals surface area contributed by atoms with Crippen molar-refractivity contribution in [2.75, 3.05) is 6.61 Å². The average molecular weight is 226 g/mol. The lowest BCUT2D eigenvalue weighted by Gasteiger charge is -2.04. The van der Waals surface area contributed by atoms with Crippen LogP contribution in [0, 0.1) is 17.6 Å². The number of esters is 1. The molecule has 0 heterocycles. The van der Waals surface area contributed by atoms with Crippen LogP contribution < -0.4 is 0 Å². The minimum atomic E-state index is -0.586. The van der Waals surface area contributed by atoms with Gasteiger partial charge in [-0.2, -0.15) is 0 Å². The van der Waals surface area contributed by atoms with E-state index in [-0.39, 0.29) is 23.4 Å². The second kappa shape index (κ2) is 4.20. The van der Waals surface area contributed by atoms with Crippen molar-refractivity contribution in [2.45, 2.75) is 19.3 Å². The fraction of sp³-hybridized carbons (Fsp3) is 0.417. The van der Waals surface area contributed by atoms with Gasteiger partial charge in [0.15, 0.2) is 0 Å². The van der Waals surface area contributed by atoms with Gasteiger partial charge >= 0.3 is 5.97 Å². The molecule has 0 amide bonds. The van der Waals surface area contributed by atoms with Crippen LogP contribution in [0.3, 0.4) is 0 Å². The van der Waals surface area contributed by atoms with Crippen LogP contribution in [0.25, 0.3) is 0 Å². The fourth-order valence-corrected chi connectivity index (χ4v) is 1.89. The summed E-state index contributed by atoms with van der Waals surface area (Å²) in [5.74, 6) is -2.28. The Morgan fingerprint density at radius 2 is 2.06 bits per heavy atom. The zero-order chi connectivity index (χ0) is 11.7. The van der Waals surface area contributed by atoms with Gasteiger partial charge in [0.05, 0.1) is 12.5 Å². The molecule has 4 heteroatoms. The van der Waals surface area contributed by atoms with Gasteiger partial charge in [0.25, 0.3) is 0 Å². The molecule has 0 bridgehead atoms. The Bertz CT molecular complexity index is 397. The molecule has 0 unspecified atom stereocenters.